The Morgan fingerprint density at radius 3 is 1.58 bits per heavy atom. The van der Waals surface area contributed by atoms with E-state index in [-0.39, 0.29) is 0 Å². The molecule has 0 fully saturated rings. The van der Waals surface area contributed by atoms with Gasteiger partial charge in [-0.2, -0.15) is 0 Å². The molecule has 69 heavy (non-hydrogen) atoms. The van der Waals surface area contributed by atoms with Crippen molar-refractivity contribution in [3.63, 3.8) is 0 Å². The summed E-state index contributed by atoms with van der Waals surface area (Å²) in [5.74, 6) is 1.74. The van der Waals surface area contributed by atoms with Crippen molar-refractivity contribution >= 4 is 75.4 Å². The molecule has 5 nitrogen and oxygen atoms in total. The number of nitrogens with zero attached hydrogens (tertiary/aromatic N) is 3. The number of aromatic nitrogens is 3. The average Bonchev–Trinajstić information content (AvgIpc) is 4.12. The monoisotopic (exact) mass is 899 g/mol. The standard InChI is InChI=1S/C63H37N3O2S/c1-3-14-38(15-4-1)40-18-11-20-44(34-40)61-64-62(45-21-12-19-41(35-45)39-16-5-2-6-17-39)66-63(65-61)51-24-13-26-55-58(51)52-36-42(29-33-54(52)67-55)46-31-32-47(60-59(46)50-23-7-9-25-53(50)68-60)43-28-30-49-48-22-8-10-27-56(48)69-57(49)37-43/h1-37H. The van der Waals surface area contributed by atoms with Gasteiger partial charge < -0.3 is 8.83 Å². The molecular weight excluding hydrogens is 863 g/mol. The summed E-state index contributed by atoms with van der Waals surface area (Å²) >= 11 is 1.83. The molecule has 14 aromatic rings. The summed E-state index contributed by atoms with van der Waals surface area (Å²) in [6.45, 7) is 0. The highest BCUT2D eigenvalue weighted by molar-refractivity contribution is 7.25. The first-order valence-electron chi connectivity index (χ1n) is 23.1. The molecule has 0 amide bonds. The number of para-hydroxylation sites is 1. The fourth-order valence-electron chi connectivity index (χ4n) is 10.1. The highest BCUT2D eigenvalue weighted by Crippen LogP contribution is 2.45. The summed E-state index contributed by atoms with van der Waals surface area (Å²) in [6, 6.07) is 78.5. The normalized spacial score (nSPS) is 11.8. The second kappa shape index (κ2) is 15.8. The SMILES string of the molecule is c1ccc(-c2cccc(-c3nc(-c4cccc(-c5ccccc5)c4)nc(-c4cccc5oc6ccc(-c7ccc(-c8ccc9c(c8)sc8ccccc89)c8oc9ccccc9c78)cc6c45)n3)c2)cc1. The second-order valence-corrected chi connectivity index (χ2v) is 18.5. The molecule has 0 unspecified atom stereocenters. The van der Waals surface area contributed by atoms with Gasteiger partial charge in [-0.1, -0.05) is 170 Å². The Hall–Kier alpha value is -8.97. The van der Waals surface area contributed by atoms with Gasteiger partial charge in [0.25, 0.3) is 0 Å². The van der Waals surface area contributed by atoms with Crippen molar-refractivity contribution in [2.24, 2.45) is 0 Å². The molecule has 322 valence electrons. The van der Waals surface area contributed by atoms with Gasteiger partial charge in [-0.25, -0.2) is 15.0 Å². The van der Waals surface area contributed by atoms with Crippen molar-refractivity contribution < 1.29 is 8.83 Å². The van der Waals surface area contributed by atoms with Gasteiger partial charge in [0.15, 0.2) is 17.5 Å². The van der Waals surface area contributed by atoms with Crippen LogP contribution in [0.25, 0.3) is 143 Å². The summed E-state index contributed by atoms with van der Waals surface area (Å²) in [6.07, 6.45) is 0. The van der Waals surface area contributed by atoms with Crippen LogP contribution in [0.5, 0.6) is 0 Å². The lowest BCUT2D eigenvalue weighted by Gasteiger charge is -2.11. The van der Waals surface area contributed by atoms with Gasteiger partial charge in [-0.15, -0.1) is 11.3 Å². The van der Waals surface area contributed by atoms with Crippen LogP contribution in [0.4, 0.5) is 0 Å². The van der Waals surface area contributed by atoms with Gasteiger partial charge in [-0.05, 0) is 93.5 Å². The molecule has 4 heterocycles. The predicted molar refractivity (Wildman–Crippen MR) is 285 cm³/mol. The Labute approximate surface area is 400 Å². The Morgan fingerprint density at radius 1 is 0.275 bits per heavy atom. The van der Waals surface area contributed by atoms with Crippen LogP contribution in [0.15, 0.2) is 233 Å². The maximum atomic E-state index is 6.81. The van der Waals surface area contributed by atoms with Crippen LogP contribution in [0.2, 0.25) is 0 Å². The smallest absolute Gasteiger partial charge is 0.164 e. The van der Waals surface area contributed by atoms with Crippen LogP contribution in [0.1, 0.15) is 0 Å². The van der Waals surface area contributed by atoms with Crippen LogP contribution >= 0.6 is 11.3 Å². The van der Waals surface area contributed by atoms with E-state index in [9.17, 15) is 0 Å². The van der Waals surface area contributed by atoms with E-state index in [2.05, 4.69) is 194 Å². The molecule has 0 N–H and O–H groups in total. The van der Waals surface area contributed by atoms with E-state index in [4.69, 9.17) is 23.8 Å². The first-order valence-corrected chi connectivity index (χ1v) is 23.9. The van der Waals surface area contributed by atoms with Crippen LogP contribution in [0, 0.1) is 0 Å². The van der Waals surface area contributed by atoms with Crippen molar-refractivity contribution in [1.82, 2.24) is 15.0 Å². The van der Waals surface area contributed by atoms with E-state index in [1.54, 1.807) is 0 Å². The lowest BCUT2D eigenvalue weighted by atomic mass is 9.93. The van der Waals surface area contributed by atoms with Crippen LogP contribution in [0.3, 0.4) is 0 Å². The number of hydrogen-bond acceptors (Lipinski definition) is 6. The molecule has 0 spiro atoms. The first kappa shape index (κ1) is 39.2. The molecule has 4 aromatic heterocycles. The zero-order valence-corrected chi connectivity index (χ0v) is 37.7. The number of rotatable bonds is 7. The Morgan fingerprint density at radius 2 is 0.826 bits per heavy atom. The zero-order valence-electron chi connectivity index (χ0n) is 36.9. The highest BCUT2D eigenvalue weighted by Gasteiger charge is 2.22. The minimum absolute atomic E-state index is 0.562. The maximum absolute atomic E-state index is 6.81. The van der Waals surface area contributed by atoms with Crippen LogP contribution in [-0.4, -0.2) is 15.0 Å². The highest BCUT2D eigenvalue weighted by atomic mass is 32.1. The quantitative estimate of drug-likeness (QED) is 0.159. The molecule has 6 heteroatoms. The van der Waals surface area contributed by atoms with Gasteiger partial charge in [0.05, 0.1) is 0 Å². The number of fused-ring (bicyclic) bond motifs is 9. The third-order valence-corrected chi connectivity index (χ3v) is 14.5. The zero-order chi connectivity index (χ0) is 45.4. The maximum Gasteiger partial charge on any atom is 0.164 e. The minimum Gasteiger partial charge on any atom is -0.456 e. The van der Waals surface area contributed by atoms with Crippen molar-refractivity contribution in [2.45, 2.75) is 0 Å². The molecule has 0 aliphatic heterocycles. The summed E-state index contributed by atoms with van der Waals surface area (Å²) in [4.78, 5) is 15.8. The Kier molecular flexibility index (Phi) is 9.00. The van der Waals surface area contributed by atoms with Gasteiger partial charge >= 0.3 is 0 Å². The summed E-state index contributed by atoms with van der Waals surface area (Å²) < 4.78 is 16.0. The fraction of sp³-hybridized carbons (Fsp3) is 0. The van der Waals surface area contributed by atoms with E-state index in [1.165, 1.54) is 20.2 Å². The number of hydrogen-bond donors (Lipinski definition) is 0. The number of benzene rings is 10. The Bertz CT molecular complexity index is 4220. The molecule has 0 saturated carbocycles. The molecule has 0 radical (unpaired) electrons. The van der Waals surface area contributed by atoms with Gasteiger partial charge in [0.2, 0.25) is 0 Å². The minimum atomic E-state index is 0.562. The molecule has 0 aliphatic rings. The van der Waals surface area contributed by atoms with Gasteiger partial charge in [-0.3, -0.25) is 0 Å². The van der Waals surface area contributed by atoms with E-state index >= 15 is 0 Å². The molecular formula is C63H37N3O2S. The van der Waals surface area contributed by atoms with Gasteiger partial charge in [0.1, 0.15) is 22.3 Å². The van der Waals surface area contributed by atoms with Crippen molar-refractivity contribution in [1.29, 1.82) is 0 Å². The predicted octanol–water partition coefficient (Wildman–Crippen LogP) is 17.7. The van der Waals surface area contributed by atoms with Crippen LogP contribution in [-0.2, 0) is 0 Å². The summed E-state index contributed by atoms with van der Waals surface area (Å²) in [5.41, 5.74) is 14.7. The van der Waals surface area contributed by atoms with Crippen LogP contribution < -0.4 is 0 Å². The lowest BCUT2D eigenvalue weighted by molar-refractivity contribution is 0.669. The van der Waals surface area contributed by atoms with E-state index in [0.717, 1.165) is 105 Å². The van der Waals surface area contributed by atoms with E-state index in [0.29, 0.717) is 17.5 Å². The molecule has 14 rings (SSSR count). The average molecular weight is 900 g/mol. The number of furan rings is 2. The molecule has 0 aliphatic carbocycles. The molecule has 10 aromatic carbocycles. The molecule has 0 atom stereocenters. The van der Waals surface area contributed by atoms with E-state index in [1.807, 2.05) is 41.7 Å². The van der Waals surface area contributed by atoms with Crippen molar-refractivity contribution in [3.8, 4) is 78.7 Å². The van der Waals surface area contributed by atoms with Crippen molar-refractivity contribution in [3.05, 3.63) is 224 Å². The van der Waals surface area contributed by atoms with E-state index < -0.39 is 0 Å². The second-order valence-electron chi connectivity index (χ2n) is 17.5. The largest absolute Gasteiger partial charge is 0.456 e. The third kappa shape index (κ3) is 6.64. The molecule has 0 saturated heterocycles. The molecule has 0 bridgehead atoms. The number of thiophene rings is 1. The Balaban J connectivity index is 0.947. The van der Waals surface area contributed by atoms with Gasteiger partial charge in [0, 0.05) is 64.0 Å². The lowest BCUT2D eigenvalue weighted by Crippen LogP contribution is -2.00. The summed E-state index contributed by atoms with van der Waals surface area (Å²) in [5, 5.41) is 6.62. The third-order valence-electron chi connectivity index (χ3n) is 13.4. The van der Waals surface area contributed by atoms with Crippen molar-refractivity contribution in [2.75, 3.05) is 0 Å². The first-order chi connectivity index (χ1) is 34.2. The summed E-state index contributed by atoms with van der Waals surface area (Å²) in [7, 11) is 0. The topological polar surface area (TPSA) is 65.0 Å². The fourth-order valence-corrected chi connectivity index (χ4v) is 11.2.